The molecular formula is C15H29N3S. The van der Waals surface area contributed by atoms with Crippen LogP contribution in [-0.4, -0.2) is 24.1 Å². The quantitative estimate of drug-likeness (QED) is 0.657. The first-order valence-corrected chi connectivity index (χ1v) is 8.48. The van der Waals surface area contributed by atoms with Crippen LogP contribution < -0.4 is 10.2 Å². The molecule has 0 radical (unpaired) electrons. The van der Waals surface area contributed by atoms with Gasteiger partial charge in [-0.15, -0.1) is 11.3 Å². The van der Waals surface area contributed by atoms with Crippen molar-refractivity contribution in [2.45, 2.75) is 66.0 Å². The molecule has 0 bridgehead atoms. The van der Waals surface area contributed by atoms with Crippen molar-refractivity contribution < 1.29 is 0 Å². The third kappa shape index (κ3) is 5.91. The van der Waals surface area contributed by atoms with E-state index in [2.05, 4.69) is 43.3 Å². The van der Waals surface area contributed by atoms with Crippen LogP contribution in [0.3, 0.4) is 0 Å². The van der Waals surface area contributed by atoms with Gasteiger partial charge in [0.15, 0.2) is 5.13 Å². The fourth-order valence-corrected chi connectivity index (χ4v) is 2.99. The average molecular weight is 283 g/mol. The van der Waals surface area contributed by atoms with E-state index in [0.29, 0.717) is 6.04 Å². The van der Waals surface area contributed by atoms with E-state index in [4.69, 9.17) is 4.98 Å². The molecule has 0 unspecified atom stereocenters. The molecule has 0 saturated carbocycles. The summed E-state index contributed by atoms with van der Waals surface area (Å²) in [5.41, 5.74) is 1.18. The maximum absolute atomic E-state index is 4.76. The maximum Gasteiger partial charge on any atom is 0.185 e. The monoisotopic (exact) mass is 283 g/mol. The smallest absolute Gasteiger partial charge is 0.185 e. The van der Waals surface area contributed by atoms with Gasteiger partial charge in [-0.3, -0.25) is 0 Å². The second-order valence-corrected chi connectivity index (χ2v) is 6.13. The molecule has 4 heteroatoms. The number of hydrogen-bond donors (Lipinski definition) is 1. The minimum absolute atomic E-state index is 0.527. The van der Waals surface area contributed by atoms with E-state index in [1.165, 1.54) is 36.5 Å². The Morgan fingerprint density at radius 2 is 2.05 bits per heavy atom. The minimum atomic E-state index is 0.527. The van der Waals surface area contributed by atoms with Gasteiger partial charge in [0.25, 0.3) is 0 Å². The van der Waals surface area contributed by atoms with Crippen LogP contribution in [0.25, 0.3) is 0 Å². The van der Waals surface area contributed by atoms with Gasteiger partial charge in [0.2, 0.25) is 0 Å². The number of unbranched alkanes of at least 4 members (excludes halogenated alkanes) is 2. The van der Waals surface area contributed by atoms with Crippen LogP contribution in [0.5, 0.6) is 0 Å². The topological polar surface area (TPSA) is 28.2 Å². The van der Waals surface area contributed by atoms with Crippen LogP contribution in [0, 0.1) is 0 Å². The summed E-state index contributed by atoms with van der Waals surface area (Å²) in [6, 6.07) is 0.527. The van der Waals surface area contributed by atoms with Gasteiger partial charge >= 0.3 is 0 Å². The van der Waals surface area contributed by atoms with Gasteiger partial charge in [-0.05, 0) is 33.2 Å². The van der Waals surface area contributed by atoms with Crippen molar-refractivity contribution in [3.05, 3.63) is 11.1 Å². The molecule has 1 aromatic rings. The predicted octanol–water partition coefficient (Wildman–Crippen LogP) is 4.05. The highest BCUT2D eigenvalue weighted by atomic mass is 32.1. The van der Waals surface area contributed by atoms with Crippen LogP contribution in [0.15, 0.2) is 5.38 Å². The Balaban J connectivity index is 2.53. The standard InChI is InChI=1S/C15H29N3S/c1-5-7-8-10-18(13(3)4)15-17-14(12-19-15)11-16-9-6-2/h12-13,16H,5-11H2,1-4H3. The second kappa shape index (κ2) is 9.32. The van der Waals surface area contributed by atoms with E-state index < -0.39 is 0 Å². The zero-order valence-electron chi connectivity index (χ0n) is 12.9. The SMILES string of the molecule is CCCCCN(c1nc(CNCCC)cs1)C(C)C. The molecule has 1 aromatic heterocycles. The summed E-state index contributed by atoms with van der Waals surface area (Å²) in [6.07, 6.45) is 5.01. The molecule has 3 nitrogen and oxygen atoms in total. The number of aromatic nitrogens is 1. The molecule has 0 fully saturated rings. The molecule has 0 spiro atoms. The number of nitrogens with zero attached hydrogens (tertiary/aromatic N) is 2. The Hall–Kier alpha value is -0.610. The molecule has 110 valence electrons. The zero-order chi connectivity index (χ0) is 14.1. The first-order chi connectivity index (χ1) is 9.19. The van der Waals surface area contributed by atoms with Gasteiger partial charge in [0.05, 0.1) is 5.69 Å². The third-order valence-corrected chi connectivity index (χ3v) is 4.07. The lowest BCUT2D eigenvalue weighted by atomic mass is 10.2. The van der Waals surface area contributed by atoms with Crippen molar-refractivity contribution in [1.82, 2.24) is 10.3 Å². The largest absolute Gasteiger partial charge is 0.346 e. The Bertz CT molecular complexity index is 336. The summed E-state index contributed by atoms with van der Waals surface area (Å²) in [4.78, 5) is 7.20. The van der Waals surface area contributed by atoms with Crippen molar-refractivity contribution in [1.29, 1.82) is 0 Å². The molecular weight excluding hydrogens is 254 g/mol. The van der Waals surface area contributed by atoms with Crippen molar-refractivity contribution >= 4 is 16.5 Å². The second-order valence-electron chi connectivity index (χ2n) is 5.29. The lowest BCUT2D eigenvalue weighted by Crippen LogP contribution is -2.31. The van der Waals surface area contributed by atoms with E-state index in [0.717, 1.165) is 19.6 Å². The Labute approximate surface area is 122 Å². The molecule has 0 amide bonds. The highest BCUT2D eigenvalue weighted by Gasteiger charge is 2.13. The van der Waals surface area contributed by atoms with E-state index in [1.54, 1.807) is 11.3 Å². The molecule has 1 rings (SSSR count). The summed E-state index contributed by atoms with van der Waals surface area (Å²) in [5, 5.41) is 6.78. The summed E-state index contributed by atoms with van der Waals surface area (Å²) in [7, 11) is 0. The molecule has 19 heavy (non-hydrogen) atoms. The normalized spacial score (nSPS) is 11.2. The van der Waals surface area contributed by atoms with Crippen molar-refractivity contribution in [3.8, 4) is 0 Å². The third-order valence-electron chi connectivity index (χ3n) is 3.14. The van der Waals surface area contributed by atoms with Crippen LogP contribution in [0.4, 0.5) is 5.13 Å². The lowest BCUT2D eigenvalue weighted by Gasteiger charge is -2.26. The Morgan fingerprint density at radius 3 is 2.68 bits per heavy atom. The van der Waals surface area contributed by atoms with Crippen molar-refractivity contribution in [2.24, 2.45) is 0 Å². The van der Waals surface area contributed by atoms with Crippen LogP contribution in [-0.2, 0) is 6.54 Å². The number of nitrogens with one attached hydrogen (secondary N) is 1. The van der Waals surface area contributed by atoms with E-state index in [9.17, 15) is 0 Å². The highest BCUT2D eigenvalue weighted by Crippen LogP contribution is 2.23. The molecule has 1 N–H and O–H groups in total. The van der Waals surface area contributed by atoms with Gasteiger partial charge in [-0.25, -0.2) is 4.98 Å². The van der Waals surface area contributed by atoms with Gasteiger partial charge in [0.1, 0.15) is 0 Å². The first-order valence-electron chi connectivity index (χ1n) is 7.60. The molecule has 0 aliphatic rings. The lowest BCUT2D eigenvalue weighted by molar-refractivity contribution is 0.621. The van der Waals surface area contributed by atoms with E-state index in [-0.39, 0.29) is 0 Å². The Morgan fingerprint density at radius 1 is 1.26 bits per heavy atom. The summed E-state index contributed by atoms with van der Waals surface area (Å²) in [5.74, 6) is 0. The molecule has 0 atom stereocenters. The average Bonchev–Trinajstić information content (AvgIpc) is 2.83. The van der Waals surface area contributed by atoms with Crippen molar-refractivity contribution in [2.75, 3.05) is 18.0 Å². The number of rotatable bonds is 10. The Kier molecular flexibility index (Phi) is 8.07. The minimum Gasteiger partial charge on any atom is -0.346 e. The summed E-state index contributed by atoms with van der Waals surface area (Å²) >= 11 is 1.78. The van der Waals surface area contributed by atoms with Crippen LogP contribution in [0.1, 0.15) is 59.1 Å². The maximum atomic E-state index is 4.76. The molecule has 0 aromatic carbocycles. The van der Waals surface area contributed by atoms with E-state index in [1.807, 2.05) is 0 Å². The molecule has 1 heterocycles. The van der Waals surface area contributed by atoms with E-state index >= 15 is 0 Å². The van der Waals surface area contributed by atoms with Crippen molar-refractivity contribution in [3.63, 3.8) is 0 Å². The fourth-order valence-electron chi connectivity index (χ4n) is 2.01. The molecule has 0 aliphatic heterocycles. The summed E-state index contributed by atoms with van der Waals surface area (Å²) in [6.45, 7) is 12.0. The first kappa shape index (κ1) is 16.4. The molecule has 0 aliphatic carbocycles. The predicted molar refractivity (Wildman–Crippen MR) is 86.1 cm³/mol. The highest BCUT2D eigenvalue weighted by molar-refractivity contribution is 7.13. The van der Waals surface area contributed by atoms with Crippen LogP contribution >= 0.6 is 11.3 Å². The molecule has 0 saturated heterocycles. The number of hydrogen-bond acceptors (Lipinski definition) is 4. The van der Waals surface area contributed by atoms with Gasteiger partial charge in [-0.2, -0.15) is 0 Å². The summed E-state index contributed by atoms with van der Waals surface area (Å²) < 4.78 is 0. The van der Waals surface area contributed by atoms with Gasteiger partial charge in [-0.1, -0.05) is 26.7 Å². The van der Waals surface area contributed by atoms with Crippen LogP contribution in [0.2, 0.25) is 0 Å². The van der Waals surface area contributed by atoms with Gasteiger partial charge < -0.3 is 10.2 Å². The fraction of sp³-hybridized carbons (Fsp3) is 0.800. The zero-order valence-corrected chi connectivity index (χ0v) is 13.7. The number of anilines is 1. The number of thiazole rings is 1. The van der Waals surface area contributed by atoms with Gasteiger partial charge in [0, 0.05) is 24.5 Å².